The average Bonchev–Trinajstić information content (AvgIpc) is 3.03. The molecule has 25 heavy (non-hydrogen) atoms. The van der Waals surface area contributed by atoms with Gasteiger partial charge in [-0.2, -0.15) is 0 Å². The number of halogens is 1. The minimum Gasteiger partial charge on any atom is -0.483 e. The van der Waals surface area contributed by atoms with Crippen LogP contribution in [0.3, 0.4) is 0 Å². The summed E-state index contributed by atoms with van der Waals surface area (Å²) in [5, 5.41) is 10.9. The molecule has 1 N–H and O–H groups in total. The number of hydrogen-bond donors (Lipinski definition) is 1. The average molecular weight is 358 g/mol. The molecule has 0 bridgehead atoms. The molecule has 1 aromatic heterocycles. The molecule has 1 heterocycles. The fraction of sp³-hybridized carbons (Fsp3) is 0.167. The van der Waals surface area contributed by atoms with Gasteiger partial charge in [0.15, 0.2) is 12.3 Å². The van der Waals surface area contributed by atoms with Crippen LogP contribution in [0.25, 0.3) is 11.3 Å². The first-order chi connectivity index (χ1) is 12.0. The standard InChI is InChI=1S/C18H16ClN3O3/c1-11-3-5-13(6-4-11)17-18(22-25-21-17)20-16(23)10-24-15-8-7-14(19)9-12(15)2/h3-9H,10H2,1-2H3,(H,20,22,23). The SMILES string of the molecule is Cc1ccc(-c2nonc2NC(=O)COc2ccc(Cl)cc2C)cc1. The van der Waals surface area contributed by atoms with E-state index in [0.29, 0.717) is 16.5 Å². The zero-order chi connectivity index (χ0) is 17.8. The van der Waals surface area contributed by atoms with Crippen LogP contribution in [0.5, 0.6) is 5.75 Å². The van der Waals surface area contributed by atoms with Gasteiger partial charge in [0.25, 0.3) is 5.91 Å². The summed E-state index contributed by atoms with van der Waals surface area (Å²) >= 11 is 5.90. The van der Waals surface area contributed by atoms with Crippen molar-refractivity contribution in [3.63, 3.8) is 0 Å². The molecule has 0 spiro atoms. The molecule has 0 aliphatic heterocycles. The number of hydrogen-bond acceptors (Lipinski definition) is 5. The number of ether oxygens (including phenoxy) is 1. The summed E-state index contributed by atoms with van der Waals surface area (Å²) in [6, 6.07) is 12.9. The third-order valence-corrected chi connectivity index (χ3v) is 3.80. The molecular formula is C18H16ClN3O3. The Kier molecular flexibility index (Phi) is 5.00. The number of rotatable bonds is 5. The first-order valence-electron chi connectivity index (χ1n) is 7.61. The number of aryl methyl sites for hydroxylation is 2. The second kappa shape index (κ2) is 7.36. The highest BCUT2D eigenvalue weighted by Crippen LogP contribution is 2.25. The molecule has 0 unspecified atom stereocenters. The molecule has 0 aliphatic rings. The first kappa shape index (κ1) is 17.0. The van der Waals surface area contributed by atoms with Gasteiger partial charge in [-0.15, -0.1) is 0 Å². The van der Waals surface area contributed by atoms with Gasteiger partial charge in [-0.1, -0.05) is 41.4 Å². The van der Waals surface area contributed by atoms with E-state index in [4.69, 9.17) is 21.0 Å². The number of anilines is 1. The van der Waals surface area contributed by atoms with Gasteiger partial charge >= 0.3 is 0 Å². The number of nitrogens with zero attached hydrogens (tertiary/aromatic N) is 2. The van der Waals surface area contributed by atoms with Crippen LogP contribution < -0.4 is 10.1 Å². The smallest absolute Gasteiger partial charge is 0.263 e. The maximum atomic E-state index is 12.1. The van der Waals surface area contributed by atoms with Crippen LogP contribution >= 0.6 is 11.6 Å². The second-order valence-electron chi connectivity index (χ2n) is 5.57. The summed E-state index contributed by atoms with van der Waals surface area (Å²) in [7, 11) is 0. The third kappa shape index (κ3) is 4.16. The Hall–Kier alpha value is -2.86. The minimum absolute atomic E-state index is 0.164. The summed E-state index contributed by atoms with van der Waals surface area (Å²) in [5.41, 5.74) is 3.24. The lowest BCUT2D eigenvalue weighted by atomic mass is 10.1. The largest absolute Gasteiger partial charge is 0.483 e. The monoisotopic (exact) mass is 357 g/mol. The summed E-state index contributed by atoms with van der Waals surface area (Å²) in [4.78, 5) is 12.1. The van der Waals surface area contributed by atoms with Crippen LogP contribution in [-0.4, -0.2) is 22.8 Å². The summed E-state index contributed by atoms with van der Waals surface area (Å²) in [5.74, 6) is 0.486. The van der Waals surface area contributed by atoms with Crippen LogP contribution in [0.4, 0.5) is 5.82 Å². The molecule has 7 heteroatoms. The lowest BCUT2D eigenvalue weighted by Crippen LogP contribution is -2.21. The van der Waals surface area contributed by atoms with E-state index < -0.39 is 0 Å². The van der Waals surface area contributed by atoms with E-state index in [1.807, 2.05) is 38.1 Å². The van der Waals surface area contributed by atoms with Gasteiger partial charge in [0.2, 0.25) is 5.82 Å². The van der Waals surface area contributed by atoms with Gasteiger partial charge in [-0.05, 0) is 47.9 Å². The van der Waals surface area contributed by atoms with Gasteiger partial charge in [0, 0.05) is 10.6 Å². The predicted octanol–water partition coefficient (Wildman–Crippen LogP) is 4.02. The van der Waals surface area contributed by atoms with Gasteiger partial charge < -0.3 is 10.1 Å². The van der Waals surface area contributed by atoms with E-state index in [1.54, 1.807) is 18.2 Å². The molecule has 3 aromatic rings. The maximum Gasteiger partial charge on any atom is 0.263 e. The van der Waals surface area contributed by atoms with Crippen LogP contribution in [0.1, 0.15) is 11.1 Å². The fourth-order valence-electron chi connectivity index (χ4n) is 2.26. The quantitative estimate of drug-likeness (QED) is 0.746. The lowest BCUT2D eigenvalue weighted by molar-refractivity contribution is -0.118. The zero-order valence-corrected chi connectivity index (χ0v) is 14.5. The molecule has 128 valence electrons. The lowest BCUT2D eigenvalue weighted by Gasteiger charge is -2.09. The number of amides is 1. The Morgan fingerprint density at radius 2 is 1.92 bits per heavy atom. The number of carbonyl (C=O) groups is 1. The van der Waals surface area contributed by atoms with Crippen molar-refractivity contribution in [3.05, 3.63) is 58.6 Å². The Balaban J connectivity index is 1.66. The summed E-state index contributed by atoms with van der Waals surface area (Å²) in [6.45, 7) is 3.68. The Bertz CT molecular complexity index is 891. The van der Waals surface area contributed by atoms with Crippen molar-refractivity contribution in [3.8, 4) is 17.0 Å². The molecule has 6 nitrogen and oxygen atoms in total. The van der Waals surface area contributed by atoms with Crippen molar-refractivity contribution in [2.75, 3.05) is 11.9 Å². The maximum absolute atomic E-state index is 12.1. The minimum atomic E-state index is -0.363. The number of benzene rings is 2. The molecule has 0 saturated carbocycles. The first-order valence-corrected chi connectivity index (χ1v) is 7.99. The van der Waals surface area contributed by atoms with E-state index in [9.17, 15) is 4.79 Å². The van der Waals surface area contributed by atoms with Crippen molar-refractivity contribution in [1.29, 1.82) is 0 Å². The summed E-state index contributed by atoms with van der Waals surface area (Å²) in [6.07, 6.45) is 0. The summed E-state index contributed by atoms with van der Waals surface area (Å²) < 4.78 is 10.3. The van der Waals surface area contributed by atoms with E-state index in [-0.39, 0.29) is 18.3 Å². The molecule has 2 aromatic carbocycles. The Morgan fingerprint density at radius 3 is 2.64 bits per heavy atom. The highest BCUT2D eigenvalue weighted by atomic mass is 35.5. The molecule has 0 saturated heterocycles. The highest BCUT2D eigenvalue weighted by molar-refractivity contribution is 6.30. The Morgan fingerprint density at radius 1 is 1.16 bits per heavy atom. The number of carbonyl (C=O) groups excluding carboxylic acids is 1. The number of nitrogens with one attached hydrogen (secondary N) is 1. The normalized spacial score (nSPS) is 10.5. The third-order valence-electron chi connectivity index (χ3n) is 3.57. The van der Waals surface area contributed by atoms with Crippen molar-refractivity contribution in [2.45, 2.75) is 13.8 Å². The van der Waals surface area contributed by atoms with Crippen LogP contribution in [0.2, 0.25) is 5.02 Å². The molecule has 0 fully saturated rings. The van der Waals surface area contributed by atoms with E-state index in [2.05, 4.69) is 15.6 Å². The van der Waals surface area contributed by atoms with Crippen LogP contribution in [0.15, 0.2) is 47.1 Å². The van der Waals surface area contributed by atoms with Crippen molar-refractivity contribution in [1.82, 2.24) is 10.3 Å². The molecule has 1 amide bonds. The zero-order valence-electron chi connectivity index (χ0n) is 13.7. The molecule has 0 radical (unpaired) electrons. The van der Waals surface area contributed by atoms with E-state index in [0.717, 1.165) is 16.7 Å². The molecule has 0 atom stereocenters. The van der Waals surface area contributed by atoms with Gasteiger partial charge in [0.05, 0.1) is 0 Å². The Labute approximate surface area is 149 Å². The molecule has 0 aliphatic carbocycles. The van der Waals surface area contributed by atoms with Crippen molar-refractivity contribution in [2.24, 2.45) is 0 Å². The fourth-order valence-corrected chi connectivity index (χ4v) is 2.48. The van der Waals surface area contributed by atoms with E-state index in [1.165, 1.54) is 0 Å². The van der Waals surface area contributed by atoms with Crippen molar-refractivity contribution < 1.29 is 14.2 Å². The van der Waals surface area contributed by atoms with Crippen molar-refractivity contribution >= 4 is 23.3 Å². The highest BCUT2D eigenvalue weighted by Gasteiger charge is 2.15. The van der Waals surface area contributed by atoms with Gasteiger partial charge in [0.1, 0.15) is 5.75 Å². The van der Waals surface area contributed by atoms with Gasteiger partial charge in [-0.3, -0.25) is 4.79 Å². The predicted molar refractivity (Wildman–Crippen MR) is 94.8 cm³/mol. The van der Waals surface area contributed by atoms with Gasteiger partial charge in [-0.25, -0.2) is 4.63 Å². The molecule has 3 rings (SSSR count). The number of aromatic nitrogens is 2. The molecular weight excluding hydrogens is 342 g/mol. The van der Waals surface area contributed by atoms with E-state index >= 15 is 0 Å². The topological polar surface area (TPSA) is 77.3 Å². The van der Waals surface area contributed by atoms with Crippen LogP contribution in [-0.2, 0) is 4.79 Å². The second-order valence-corrected chi connectivity index (χ2v) is 6.01. The van der Waals surface area contributed by atoms with Crippen LogP contribution in [0, 0.1) is 13.8 Å².